The van der Waals surface area contributed by atoms with Crippen molar-refractivity contribution in [1.82, 2.24) is 5.32 Å². The molecule has 1 aromatic carbocycles. The van der Waals surface area contributed by atoms with Gasteiger partial charge in [0.1, 0.15) is 0 Å². The lowest BCUT2D eigenvalue weighted by Crippen LogP contribution is -2.17. The predicted molar refractivity (Wildman–Crippen MR) is 63.3 cm³/mol. The van der Waals surface area contributed by atoms with Crippen molar-refractivity contribution >= 4 is 23.2 Å². The quantitative estimate of drug-likeness (QED) is 0.765. The number of hydrogen-bond donors (Lipinski definition) is 1. The van der Waals surface area contributed by atoms with Crippen LogP contribution in [0, 0.1) is 0 Å². The van der Waals surface area contributed by atoms with Crippen LogP contribution in [0.2, 0.25) is 10.0 Å². The fourth-order valence-electron chi connectivity index (χ4n) is 1.25. The predicted octanol–water partition coefficient (Wildman–Crippen LogP) is 3.54. The number of rotatable bonds is 5. The van der Waals surface area contributed by atoms with Gasteiger partial charge in [-0.1, -0.05) is 36.2 Å². The zero-order valence-electron chi connectivity index (χ0n) is 8.32. The molecule has 1 rings (SSSR count). The van der Waals surface area contributed by atoms with Gasteiger partial charge in [-0.15, -0.1) is 0 Å². The summed E-state index contributed by atoms with van der Waals surface area (Å²) >= 11 is 11.8. The summed E-state index contributed by atoms with van der Waals surface area (Å²) in [5.41, 5.74) is 1.15. The van der Waals surface area contributed by atoms with E-state index in [9.17, 15) is 0 Å². The smallest absolute Gasteiger partial charge is 0.0453 e. The maximum atomic E-state index is 6.03. The van der Waals surface area contributed by atoms with Crippen molar-refractivity contribution in [2.45, 2.75) is 19.8 Å². The molecule has 0 saturated carbocycles. The summed E-state index contributed by atoms with van der Waals surface area (Å²) in [5, 5.41) is 4.79. The molecular weight excluding hydrogens is 217 g/mol. The largest absolute Gasteiger partial charge is 0.316 e. The average molecular weight is 232 g/mol. The standard InChI is InChI=1S/C11H15Cl2N/c1-2-6-14-7-5-9-3-4-10(12)8-11(9)13/h3-4,8,14H,2,5-7H2,1H3. The van der Waals surface area contributed by atoms with Gasteiger partial charge in [-0.25, -0.2) is 0 Å². The monoisotopic (exact) mass is 231 g/mol. The first-order valence-corrected chi connectivity index (χ1v) is 5.64. The van der Waals surface area contributed by atoms with Crippen LogP contribution in [0.1, 0.15) is 18.9 Å². The lowest BCUT2D eigenvalue weighted by Gasteiger charge is -2.05. The molecular formula is C11H15Cl2N. The van der Waals surface area contributed by atoms with Crippen molar-refractivity contribution in [3.05, 3.63) is 33.8 Å². The van der Waals surface area contributed by atoms with E-state index in [1.807, 2.05) is 12.1 Å². The maximum Gasteiger partial charge on any atom is 0.0453 e. The number of nitrogens with one attached hydrogen (secondary N) is 1. The van der Waals surface area contributed by atoms with E-state index in [0.717, 1.165) is 36.5 Å². The van der Waals surface area contributed by atoms with Gasteiger partial charge in [-0.3, -0.25) is 0 Å². The van der Waals surface area contributed by atoms with Gasteiger partial charge in [0.25, 0.3) is 0 Å². The SMILES string of the molecule is CCCNCCc1ccc(Cl)cc1Cl. The summed E-state index contributed by atoms with van der Waals surface area (Å²) in [7, 11) is 0. The molecule has 0 aliphatic heterocycles. The molecule has 1 N–H and O–H groups in total. The normalized spacial score (nSPS) is 10.5. The molecule has 0 spiro atoms. The Morgan fingerprint density at radius 2 is 2.00 bits per heavy atom. The highest BCUT2D eigenvalue weighted by Gasteiger charge is 2.00. The summed E-state index contributed by atoms with van der Waals surface area (Å²) < 4.78 is 0. The van der Waals surface area contributed by atoms with Crippen LogP contribution < -0.4 is 5.32 Å². The fraction of sp³-hybridized carbons (Fsp3) is 0.455. The highest BCUT2D eigenvalue weighted by molar-refractivity contribution is 6.35. The molecule has 0 bridgehead atoms. The third kappa shape index (κ3) is 3.87. The second-order valence-electron chi connectivity index (χ2n) is 3.24. The molecule has 1 aromatic rings. The van der Waals surface area contributed by atoms with Gasteiger partial charge < -0.3 is 5.32 Å². The average Bonchev–Trinajstić information content (AvgIpc) is 2.15. The summed E-state index contributed by atoms with van der Waals surface area (Å²) in [6.07, 6.45) is 2.12. The third-order valence-electron chi connectivity index (χ3n) is 2.01. The van der Waals surface area contributed by atoms with Gasteiger partial charge in [0.05, 0.1) is 0 Å². The molecule has 1 nitrogen and oxygen atoms in total. The van der Waals surface area contributed by atoms with Gasteiger partial charge in [0.2, 0.25) is 0 Å². The van der Waals surface area contributed by atoms with Crippen LogP contribution in [0.15, 0.2) is 18.2 Å². The first-order chi connectivity index (χ1) is 6.74. The van der Waals surface area contributed by atoms with Gasteiger partial charge in [0, 0.05) is 10.0 Å². The van der Waals surface area contributed by atoms with E-state index < -0.39 is 0 Å². The van der Waals surface area contributed by atoms with Crippen LogP contribution in [0.25, 0.3) is 0 Å². The van der Waals surface area contributed by atoms with Crippen molar-refractivity contribution in [3.63, 3.8) is 0 Å². The van der Waals surface area contributed by atoms with Crippen LogP contribution >= 0.6 is 23.2 Å². The number of benzene rings is 1. The molecule has 3 heteroatoms. The highest BCUT2D eigenvalue weighted by Crippen LogP contribution is 2.20. The van der Waals surface area contributed by atoms with E-state index in [1.54, 1.807) is 6.07 Å². The van der Waals surface area contributed by atoms with E-state index in [1.165, 1.54) is 0 Å². The molecule has 0 aliphatic carbocycles. The molecule has 0 amide bonds. The fourth-order valence-corrected chi connectivity index (χ4v) is 1.75. The van der Waals surface area contributed by atoms with Crippen LogP contribution in [0.5, 0.6) is 0 Å². The first-order valence-electron chi connectivity index (χ1n) is 4.88. The third-order valence-corrected chi connectivity index (χ3v) is 2.60. The van der Waals surface area contributed by atoms with Gasteiger partial charge in [0.15, 0.2) is 0 Å². The Kier molecular flexibility index (Phi) is 5.31. The molecule has 0 unspecified atom stereocenters. The number of hydrogen-bond acceptors (Lipinski definition) is 1. The minimum absolute atomic E-state index is 0.695. The first kappa shape index (κ1) is 11.8. The lowest BCUT2D eigenvalue weighted by molar-refractivity contribution is 0.671. The van der Waals surface area contributed by atoms with Crippen LogP contribution in [-0.2, 0) is 6.42 Å². The Morgan fingerprint density at radius 3 is 2.64 bits per heavy atom. The van der Waals surface area contributed by atoms with E-state index in [-0.39, 0.29) is 0 Å². The lowest BCUT2D eigenvalue weighted by atomic mass is 10.1. The zero-order chi connectivity index (χ0) is 10.4. The Morgan fingerprint density at radius 1 is 1.21 bits per heavy atom. The summed E-state index contributed by atoms with van der Waals surface area (Å²) in [4.78, 5) is 0. The molecule has 14 heavy (non-hydrogen) atoms. The molecule has 0 fully saturated rings. The molecule has 0 atom stereocenters. The molecule has 0 saturated heterocycles. The van der Waals surface area contributed by atoms with E-state index >= 15 is 0 Å². The Balaban J connectivity index is 2.42. The minimum Gasteiger partial charge on any atom is -0.316 e. The second kappa shape index (κ2) is 6.28. The topological polar surface area (TPSA) is 12.0 Å². The highest BCUT2D eigenvalue weighted by atomic mass is 35.5. The van der Waals surface area contributed by atoms with Crippen molar-refractivity contribution in [2.75, 3.05) is 13.1 Å². The molecule has 0 aromatic heterocycles. The van der Waals surface area contributed by atoms with Crippen LogP contribution in [-0.4, -0.2) is 13.1 Å². The van der Waals surface area contributed by atoms with E-state index in [4.69, 9.17) is 23.2 Å². The number of halogens is 2. The molecule has 0 aliphatic rings. The van der Waals surface area contributed by atoms with Crippen molar-refractivity contribution < 1.29 is 0 Å². The van der Waals surface area contributed by atoms with Gasteiger partial charge in [-0.05, 0) is 43.6 Å². The molecule has 0 heterocycles. The Bertz CT molecular complexity index is 287. The van der Waals surface area contributed by atoms with Gasteiger partial charge >= 0.3 is 0 Å². The van der Waals surface area contributed by atoms with Crippen LogP contribution in [0.3, 0.4) is 0 Å². The van der Waals surface area contributed by atoms with Crippen molar-refractivity contribution in [1.29, 1.82) is 0 Å². The Labute approximate surface area is 95.4 Å². The van der Waals surface area contributed by atoms with E-state index in [0.29, 0.717) is 5.02 Å². The van der Waals surface area contributed by atoms with Gasteiger partial charge in [-0.2, -0.15) is 0 Å². The van der Waals surface area contributed by atoms with E-state index in [2.05, 4.69) is 12.2 Å². The summed E-state index contributed by atoms with van der Waals surface area (Å²) in [6.45, 7) is 4.18. The summed E-state index contributed by atoms with van der Waals surface area (Å²) in [6, 6.07) is 5.65. The van der Waals surface area contributed by atoms with Crippen molar-refractivity contribution in [3.8, 4) is 0 Å². The second-order valence-corrected chi connectivity index (χ2v) is 4.08. The molecule has 0 radical (unpaired) electrons. The Hall–Kier alpha value is -0.240. The zero-order valence-corrected chi connectivity index (χ0v) is 9.83. The maximum absolute atomic E-state index is 6.03. The minimum atomic E-state index is 0.695. The molecule has 78 valence electrons. The van der Waals surface area contributed by atoms with Crippen molar-refractivity contribution in [2.24, 2.45) is 0 Å². The van der Waals surface area contributed by atoms with Crippen LogP contribution in [0.4, 0.5) is 0 Å². The summed E-state index contributed by atoms with van der Waals surface area (Å²) in [5.74, 6) is 0.